The Morgan fingerprint density at radius 3 is 2.39 bits per heavy atom. The fourth-order valence-electron chi connectivity index (χ4n) is 11.0. The quantitative estimate of drug-likeness (QED) is 0.405. The van der Waals surface area contributed by atoms with Gasteiger partial charge in [0, 0.05) is 38.4 Å². The SMILES string of the molecule is CC(=O)O[C@H]1CC[C@@]2(C)[C@H](C1)[C@@H](O)C[C@@H]1[C@@H]2C[C@H]2[C@@H]3CN4C[C@@H](C)CC[C@H]4[C@@](C)(O)[C@H]3[C@@H](O)C[C@@]12O. The number of carbonyl (C=O) groups is 1. The van der Waals surface area contributed by atoms with Gasteiger partial charge in [-0.25, -0.2) is 0 Å². The number of esters is 1. The number of piperidine rings is 2. The molecule has 0 aromatic heterocycles. The van der Waals surface area contributed by atoms with Crippen molar-refractivity contribution in [2.24, 2.45) is 46.8 Å². The Morgan fingerprint density at radius 1 is 0.917 bits per heavy atom. The van der Waals surface area contributed by atoms with Crippen molar-refractivity contribution in [3.8, 4) is 0 Å². The van der Waals surface area contributed by atoms with Crippen LogP contribution in [0.4, 0.5) is 0 Å². The fourth-order valence-corrected chi connectivity index (χ4v) is 11.0. The third kappa shape index (κ3) is 3.52. The molecule has 0 aromatic rings. The van der Waals surface area contributed by atoms with Gasteiger partial charge in [0.2, 0.25) is 0 Å². The third-order valence-corrected chi connectivity index (χ3v) is 12.4. The minimum absolute atomic E-state index is 0.0134. The van der Waals surface area contributed by atoms with Crippen molar-refractivity contribution in [1.29, 1.82) is 0 Å². The standard InChI is InChI=1S/C29H47NO6/c1-15-5-6-25-28(4,34)26-18(14-30(25)13-15)19-10-20-21(29(19,35)12-24(26)33)11-23(32)22-9-17(36-16(2)31)7-8-27(20,22)3/h15,17-26,32-35H,5-14H2,1-4H3/t15-,17-,18-,19-,20-,21+,22+,23-,24-,25-,26+,27+,28+,29-/m0/s1. The van der Waals surface area contributed by atoms with Gasteiger partial charge in [-0.3, -0.25) is 9.69 Å². The van der Waals surface area contributed by atoms with E-state index in [2.05, 4.69) is 18.7 Å². The van der Waals surface area contributed by atoms with E-state index in [9.17, 15) is 25.2 Å². The lowest BCUT2D eigenvalue weighted by Crippen LogP contribution is -2.72. The van der Waals surface area contributed by atoms with Gasteiger partial charge in [-0.2, -0.15) is 0 Å². The predicted octanol–water partition coefficient (Wildman–Crippen LogP) is 2.33. The number of ether oxygens (including phenoxy) is 1. The zero-order valence-electron chi connectivity index (χ0n) is 22.5. The average molecular weight is 506 g/mol. The maximum atomic E-state index is 12.4. The topological polar surface area (TPSA) is 110 Å². The Morgan fingerprint density at radius 2 is 1.67 bits per heavy atom. The van der Waals surface area contributed by atoms with Crippen LogP contribution in [-0.2, 0) is 9.53 Å². The lowest BCUT2D eigenvalue weighted by molar-refractivity contribution is -0.242. The molecule has 36 heavy (non-hydrogen) atoms. The first-order valence-electron chi connectivity index (χ1n) is 14.6. The monoisotopic (exact) mass is 505 g/mol. The smallest absolute Gasteiger partial charge is 0.302 e. The van der Waals surface area contributed by atoms with Crippen LogP contribution in [0.1, 0.15) is 79.1 Å². The number of aliphatic hydroxyl groups is 4. The van der Waals surface area contributed by atoms with Gasteiger partial charge in [0.05, 0.1) is 23.4 Å². The molecule has 4 N–H and O–H groups in total. The summed E-state index contributed by atoms with van der Waals surface area (Å²) in [5.74, 6) is 0.402. The van der Waals surface area contributed by atoms with Crippen molar-refractivity contribution in [3.63, 3.8) is 0 Å². The van der Waals surface area contributed by atoms with E-state index in [-0.39, 0.29) is 59.0 Å². The summed E-state index contributed by atoms with van der Waals surface area (Å²) in [6, 6.07) is 0.0692. The highest BCUT2D eigenvalue weighted by Crippen LogP contribution is 2.68. The van der Waals surface area contributed by atoms with Gasteiger partial charge >= 0.3 is 5.97 Å². The van der Waals surface area contributed by atoms with E-state index < -0.39 is 23.4 Å². The number of nitrogens with zero attached hydrogens (tertiary/aromatic N) is 1. The van der Waals surface area contributed by atoms with Crippen LogP contribution in [-0.4, -0.2) is 79.9 Å². The summed E-state index contributed by atoms with van der Waals surface area (Å²) in [5, 5.41) is 47.2. The van der Waals surface area contributed by atoms with Gasteiger partial charge in [-0.1, -0.05) is 13.8 Å². The van der Waals surface area contributed by atoms with Crippen molar-refractivity contribution in [3.05, 3.63) is 0 Å². The maximum absolute atomic E-state index is 12.4. The normalized spacial score (nSPS) is 58.6. The molecule has 2 saturated heterocycles. The Labute approximate surface area is 215 Å². The highest BCUT2D eigenvalue weighted by molar-refractivity contribution is 5.66. The Bertz CT molecular complexity index is 895. The summed E-state index contributed by atoms with van der Waals surface area (Å²) in [4.78, 5) is 14.1. The van der Waals surface area contributed by atoms with Crippen LogP contribution < -0.4 is 0 Å². The van der Waals surface area contributed by atoms with Gasteiger partial charge < -0.3 is 25.2 Å². The molecule has 6 rings (SSSR count). The molecule has 0 unspecified atom stereocenters. The Hall–Kier alpha value is -0.730. The molecular formula is C29H47NO6. The molecule has 0 aromatic carbocycles. The lowest BCUT2D eigenvalue weighted by Gasteiger charge is -2.62. The van der Waals surface area contributed by atoms with Crippen molar-refractivity contribution in [2.45, 2.75) is 115 Å². The van der Waals surface area contributed by atoms with Gasteiger partial charge in [0.25, 0.3) is 0 Å². The van der Waals surface area contributed by atoms with Crippen LogP contribution in [0.2, 0.25) is 0 Å². The molecule has 0 spiro atoms. The molecule has 0 amide bonds. The minimum atomic E-state index is -1.02. The molecule has 2 heterocycles. The molecule has 2 aliphatic heterocycles. The molecule has 0 radical (unpaired) electrons. The van der Waals surface area contributed by atoms with Crippen LogP contribution >= 0.6 is 0 Å². The van der Waals surface area contributed by atoms with Crippen molar-refractivity contribution < 1.29 is 30.0 Å². The molecule has 6 fully saturated rings. The first-order valence-corrected chi connectivity index (χ1v) is 14.6. The van der Waals surface area contributed by atoms with Crippen LogP contribution in [0.5, 0.6) is 0 Å². The van der Waals surface area contributed by atoms with Gasteiger partial charge in [-0.15, -0.1) is 0 Å². The number of rotatable bonds is 1. The molecule has 4 saturated carbocycles. The van der Waals surface area contributed by atoms with E-state index in [1.807, 2.05) is 6.92 Å². The van der Waals surface area contributed by atoms with E-state index in [4.69, 9.17) is 4.74 Å². The van der Waals surface area contributed by atoms with Crippen LogP contribution in [0.15, 0.2) is 0 Å². The Balaban J connectivity index is 1.32. The summed E-state index contributed by atoms with van der Waals surface area (Å²) < 4.78 is 5.56. The number of fused-ring (bicyclic) bond motifs is 8. The second-order valence-corrected chi connectivity index (χ2v) is 14.3. The first-order chi connectivity index (χ1) is 16.9. The molecule has 14 atom stereocenters. The third-order valence-electron chi connectivity index (χ3n) is 12.4. The maximum Gasteiger partial charge on any atom is 0.302 e. The van der Waals surface area contributed by atoms with Gasteiger partial charge in [0.15, 0.2) is 0 Å². The lowest BCUT2D eigenvalue weighted by atomic mass is 9.50. The van der Waals surface area contributed by atoms with E-state index in [1.54, 1.807) is 0 Å². The second kappa shape index (κ2) is 8.38. The molecular weight excluding hydrogens is 458 g/mol. The average Bonchev–Trinajstić information content (AvgIpc) is 3.06. The predicted molar refractivity (Wildman–Crippen MR) is 134 cm³/mol. The Kier molecular flexibility index (Phi) is 5.95. The molecule has 0 bridgehead atoms. The highest BCUT2D eigenvalue weighted by Gasteiger charge is 2.71. The van der Waals surface area contributed by atoms with E-state index in [0.717, 1.165) is 45.2 Å². The molecule has 7 heteroatoms. The second-order valence-electron chi connectivity index (χ2n) is 14.3. The largest absolute Gasteiger partial charge is 0.463 e. The first kappa shape index (κ1) is 25.5. The molecule has 6 aliphatic rings. The van der Waals surface area contributed by atoms with Crippen LogP contribution in [0.25, 0.3) is 0 Å². The number of hydrogen-bond acceptors (Lipinski definition) is 7. The summed E-state index contributed by atoms with van der Waals surface area (Å²) in [6.45, 7) is 9.75. The molecule has 4 aliphatic carbocycles. The summed E-state index contributed by atoms with van der Waals surface area (Å²) in [5.41, 5.74) is -2.13. The number of hydrogen-bond donors (Lipinski definition) is 4. The number of aliphatic hydroxyl groups excluding tert-OH is 2. The fraction of sp³-hybridized carbons (Fsp3) is 0.966. The molecule has 204 valence electrons. The van der Waals surface area contributed by atoms with E-state index >= 15 is 0 Å². The number of carbonyl (C=O) groups excluding carboxylic acids is 1. The molecule has 7 nitrogen and oxygen atoms in total. The van der Waals surface area contributed by atoms with Gasteiger partial charge in [0.1, 0.15) is 6.10 Å². The van der Waals surface area contributed by atoms with Crippen molar-refractivity contribution >= 4 is 5.97 Å². The van der Waals surface area contributed by atoms with Crippen LogP contribution in [0, 0.1) is 46.8 Å². The zero-order valence-corrected chi connectivity index (χ0v) is 22.5. The van der Waals surface area contributed by atoms with Gasteiger partial charge in [-0.05, 0) is 92.8 Å². The summed E-state index contributed by atoms with van der Waals surface area (Å²) in [7, 11) is 0. The van der Waals surface area contributed by atoms with Crippen molar-refractivity contribution in [2.75, 3.05) is 13.1 Å². The summed E-state index contributed by atoms with van der Waals surface area (Å²) >= 11 is 0. The summed E-state index contributed by atoms with van der Waals surface area (Å²) in [6.07, 6.45) is 4.70. The minimum Gasteiger partial charge on any atom is -0.463 e. The highest BCUT2D eigenvalue weighted by atomic mass is 16.5. The van der Waals surface area contributed by atoms with E-state index in [1.165, 1.54) is 6.92 Å². The van der Waals surface area contributed by atoms with E-state index in [0.29, 0.717) is 25.2 Å². The van der Waals surface area contributed by atoms with Crippen LogP contribution in [0.3, 0.4) is 0 Å². The zero-order chi connectivity index (χ0) is 25.8. The van der Waals surface area contributed by atoms with Crippen molar-refractivity contribution in [1.82, 2.24) is 4.90 Å².